The molecule has 0 saturated heterocycles. The molecule has 1 unspecified atom stereocenters. The number of halogens is 1. The molecule has 7 nitrogen and oxygen atoms in total. The van der Waals surface area contributed by atoms with Crippen molar-refractivity contribution in [2.24, 2.45) is 0 Å². The Morgan fingerprint density at radius 2 is 1.80 bits per heavy atom. The Morgan fingerprint density at radius 3 is 2.49 bits per heavy atom. The van der Waals surface area contributed by atoms with E-state index in [1.54, 1.807) is 6.92 Å². The standard InChI is InChI=1S/C27H27ClN2O5/c1-2-35-25(31)13-12-23(30-26(32)24-17-21(27(33)34)14-15-29-24)11-8-18-6-9-19(10-7-18)20-4-3-5-22(28)16-20/h3-7,9-10,14-17,23H,2,8,11-13H2,1H3,(H,30,32)(H,33,34). The summed E-state index contributed by atoms with van der Waals surface area (Å²) < 4.78 is 5.01. The van der Waals surface area contributed by atoms with Crippen molar-refractivity contribution < 1.29 is 24.2 Å². The number of carboxylic acids is 1. The summed E-state index contributed by atoms with van der Waals surface area (Å²) in [5, 5.41) is 12.7. The summed E-state index contributed by atoms with van der Waals surface area (Å²) in [5.74, 6) is -1.96. The summed E-state index contributed by atoms with van der Waals surface area (Å²) in [6.45, 7) is 2.03. The van der Waals surface area contributed by atoms with Gasteiger partial charge < -0.3 is 15.2 Å². The predicted molar refractivity (Wildman–Crippen MR) is 134 cm³/mol. The van der Waals surface area contributed by atoms with E-state index in [4.69, 9.17) is 21.4 Å². The Balaban J connectivity index is 1.67. The normalized spacial score (nSPS) is 11.5. The summed E-state index contributed by atoms with van der Waals surface area (Å²) in [6, 6.07) is 18.0. The van der Waals surface area contributed by atoms with E-state index in [0.717, 1.165) is 16.7 Å². The van der Waals surface area contributed by atoms with E-state index in [2.05, 4.69) is 10.3 Å². The van der Waals surface area contributed by atoms with Gasteiger partial charge in [-0.25, -0.2) is 4.79 Å². The Bertz CT molecular complexity index is 1180. The number of benzene rings is 2. The Hall–Kier alpha value is -3.71. The molecule has 8 heteroatoms. The molecule has 0 bridgehead atoms. The van der Waals surface area contributed by atoms with Crippen LogP contribution >= 0.6 is 11.6 Å². The molecule has 1 heterocycles. The Kier molecular flexibility index (Phi) is 9.38. The number of hydrogen-bond donors (Lipinski definition) is 2. The molecule has 0 aliphatic carbocycles. The third-order valence-electron chi connectivity index (χ3n) is 5.47. The van der Waals surface area contributed by atoms with Gasteiger partial charge >= 0.3 is 11.9 Å². The molecular weight excluding hydrogens is 468 g/mol. The number of aryl methyl sites for hydroxylation is 1. The highest BCUT2D eigenvalue weighted by Gasteiger charge is 2.18. The minimum absolute atomic E-state index is 0.0110. The molecule has 1 atom stereocenters. The highest BCUT2D eigenvalue weighted by molar-refractivity contribution is 6.30. The van der Waals surface area contributed by atoms with Gasteiger partial charge in [-0.05, 0) is 67.1 Å². The largest absolute Gasteiger partial charge is 0.478 e. The Labute approximate surface area is 209 Å². The van der Waals surface area contributed by atoms with Crippen LogP contribution in [0.2, 0.25) is 5.02 Å². The first-order valence-electron chi connectivity index (χ1n) is 11.4. The fraction of sp³-hybridized carbons (Fsp3) is 0.259. The van der Waals surface area contributed by atoms with Crippen molar-refractivity contribution >= 4 is 29.4 Å². The third kappa shape index (κ3) is 7.93. The van der Waals surface area contributed by atoms with Gasteiger partial charge in [-0.2, -0.15) is 0 Å². The zero-order chi connectivity index (χ0) is 25.2. The summed E-state index contributed by atoms with van der Waals surface area (Å²) >= 11 is 6.09. The lowest BCUT2D eigenvalue weighted by Gasteiger charge is -2.18. The molecule has 182 valence electrons. The lowest BCUT2D eigenvalue weighted by Crippen LogP contribution is -2.36. The van der Waals surface area contributed by atoms with E-state index in [0.29, 0.717) is 30.9 Å². The molecule has 1 amide bonds. The molecule has 35 heavy (non-hydrogen) atoms. The van der Waals surface area contributed by atoms with E-state index in [1.165, 1.54) is 18.3 Å². The van der Waals surface area contributed by atoms with Crippen LogP contribution in [0.5, 0.6) is 0 Å². The smallest absolute Gasteiger partial charge is 0.335 e. The van der Waals surface area contributed by atoms with Gasteiger partial charge in [0.1, 0.15) is 5.69 Å². The van der Waals surface area contributed by atoms with Gasteiger partial charge in [-0.15, -0.1) is 0 Å². The van der Waals surface area contributed by atoms with E-state index in [9.17, 15) is 14.4 Å². The van der Waals surface area contributed by atoms with Crippen LogP contribution in [0.25, 0.3) is 11.1 Å². The number of rotatable bonds is 11. The average Bonchev–Trinajstić information content (AvgIpc) is 2.86. The van der Waals surface area contributed by atoms with Crippen molar-refractivity contribution in [2.75, 3.05) is 6.61 Å². The highest BCUT2D eigenvalue weighted by Crippen LogP contribution is 2.23. The predicted octanol–water partition coefficient (Wildman–Crippen LogP) is 5.17. The summed E-state index contributed by atoms with van der Waals surface area (Å²) in [4.78, 5) is 39.8. The number of aromatic nitrogens is 1. The summed E-state index contributed by atoms with van der Waals surface area (Å²) in [5.41, 5.74) is 3.15. The molecule has 1 aromatic heterocycles. The second kappa shape index (κ2) is 12.7. The van der Waals surface area contributed by atoms with E-state index in [1.807, 2.05) is 48.5 Å². The minimum Gasteiger partial charge on any atom is -0.478 e. The number of amides is 1. The number of pyridine rings is 1. The van der Waals surface area contributed by atoms with Crippen LogP contribution in [0.4, 0.5) is 0 Å². The van der Waals surface area contributed by atoms with Crippen molar-refractivity contribution in [1.29, 1.82) is 0 Å². The number of carbonyl (C=O) groups excluding carboxylic acids is 2. The fourth-order valence-electron chi connectivity index (χ4n) is 3.63. The van der Waals surface area contributed by atoms with Crippen LogP contribution in [0.15, 0.2) is 66.9 Å². The number of carboxylic acid groups (broad SMARTS) is 1. The topological polar surface area (TPSA) is 106 Å². The lowest BCUT2D eigenvalue weighted by atomic mass is 9.98. The number of carbonyl (C=O) groups is 3. The molecule has 0 saturated carbocycles. The van der Waals surface area contributed by atoms with Crippen molar-refractivity contribution in [3.05, 3.63) is 88.7 Å². The van der Waals surface area contributed by atoms with Gasteiger partial charge in [0.05, 0.1) is 12.2 Å². The monoisotopic (exact) mass is 494 g/mol. The van der Waals surface area contributed by atoms with Gasteiger partial charge in [0, 0.05) is 23.7 Å². The molecule has 0 spiro atoms. The molecule has 3 rings (SSSR count). The number of aromatic carboxylic acids is 1. The maximum Gasteiger partial charge on any atom is 0.335 e. The second-order valence-electron chi connectivity index (χ2n) is 7.99. The maximum atomic E-state index is 12.7. The van der Waals surface area contributed by atoms with Gasteiger partial charge in [-0.3, -0.25) is 14.6 Å². The van der Waals surface area contributed by atoms with Crippen LogP contribution in [-0.4, -0.2) is 40.6 Å². The van der Waals surface area contributed by atoms with Gasteiger partial charge in [0.15, 0.2) is 0 Å². The van der Waals surface area contributed by atoms with Crippen molar-refractivity contribution in [1.82, 2.24) is 10.3 Å². The van der Waals surface area contributed by atoms with Gasteiger partial charge in [0.25, 0.3) is 5.91 Å². The first-order chi connectivity index (χ1) is 16.9. The first kappa shape index (κ1) is 25.9. The van der Waals surface area contributed by atoms with Gasteiger partial charge in [0.2, 0.25) is 0 Å². The zero-order valence-corrected chi connectivity index (χ0v) is 20.1. The summed E-state index contributed by atoms with van der Waals surface area (Å²) in [6.07, 6.45) is 3.10. The maximum absolute atomic E-state index is 12.7. The van der Waals surface area contributed by atoms with Crippen LogP contribution < -0.4 is 5.32 Å². The van der Waals surface area contributed by atoms with Crippen molar-refractivity contribution in [3.8, 4) is 11.1 Å². The molecule has 0 aliphatic rings. The van der Waals surface area contributed by atoms with Gasteiger partial charge in [-0.1, -0.05) is 48.0 Å². The van der Waals surface area contributed by atoms with Crippen molar-refractivity contribution in [3.63, 3.8) is 0 Å². The third-order valence-corrected chi connectivity index (χ3v) is 5.71. The van der Waals surface area contributed by atoms with Crippen LogP contribution in [0.3, 0.4) is 0 Å². The quantitative estimate of drug-likeness (QED) is 0.356. The number of ether oxygens (including phenoxy) is 1. The average molecular weight is 495 g/mol. The molecule has 3 aromatic rings. The molecule has 0 fully saturated rings. The summed E-state index contributed by atoms with van der Waals surface area (Å²) in [7, 11) is 0. The van der Waals surface area contributed by atoms with Crippen LogP contribution in [0.1, 0.15) is 52.6 Å². The number of nitrogens with one attached hydrogen (secondary N) is 1. The Morgan fingerprint density at radius 1 is 1.03 bits per heavy atom. The lowest BCUT2D eigenvalue weighted by molar-refractivity contribution is -0.143. The SMILES string of the molecule is CCOC(=O)CCC(CCc1ccc(-c2cccc(Cl)c2)cc1)NC(=O)c1cc(C(=O)O)ccn1. The fourth-order valence-corrected chi connectivity index (χ4v) is 3.82. The molecule has 2 aromatic carbocycles. The molecule has 0 radical (unpaired) electrons. The minimum atomic E-state index is -1.14. The van der Waals surface area contributed by atoms with E-state index >= 15 is 0 Å². The molecule has 0 aliphatic heterocycles. The van der Waals surface area contributed by atoms with Crippen LogP contribution in [-0.2, 0) is 16.0 Å². The van der Waals surface area contributed by atoms with Crippen LogP contribution in [0, 0.1) is 0 Å². The van der Waals surface area contributed by atoms with E-state index in [-0.39, 0.29) is 29.7 Å². The van der Waals surface area contributed by atoms with Crippen molar-refractivity contribution in [2.45, 2.75) is 38.6 Å². The van der Waals surface area contributed by atoms with E-state index < -0.39 is 11.9 Å². The highest BCUT2D eigenvalue weighted by atomic mass is 35.5. The molecular formula is C27H27ClN2O5. The first-order valence-corrected chi connectivity index (χ1v) is 11.7. The molecule has 2 N–H and O–H groups in total. The number of hydrogen-bond acceptors (Lipinski definition) is 5. The second-order valence-corrected chi connectivity index (χ2v) is 8.43. The number of esters is 1. The number of nitrogens with zero attached hydrogens (tertiary/aromatic N) is 1. The zero-order valence-electron chi connectivity index (χ0n) is 19.4.